The second kappa shape index (κ2) is 11.0. The summed E-state index contributed by atoms with van der Waals surface area (Å²) in [5.41, 5.74) is 14.1. The summed E-state index contributed by atoms with van der Waals surface area (Å²) in [6, 6.07) is 15.4. The van der Waals surface area contributed by atoms with Gasteiger partial charge >= 0.3 is 0 Å². The molecule has 6 nitrogen and oxygen atoms in total. The molecule has 5 rings (SSSR count). The van der Waals surface area contributed by atoms with E-state index in [1.807, 2.05) is 57.4 Å². The van der Waals surface area contributed by atoms with Crippen molar-refractivity contribution in [3.63, 3.8) is 0 Å². The van der Waals surface area contributed by atoms with Gasteiger partial charge in [-0.05, 0) is 44.7 Å². The summed E-state index contributed by atoms with van der Waals surface area (Å²) in [6.45, 7) is 14.7. The number of nitrogens with two attached hydrogens (primary N) is 1. The fourth-order valence-electron chi connectivity index (χ4n) is 5.11. The maximum atomic E-state index is 6.65. The molecule has 3 atom stereocenters. The summed E-state index contributed by atoms with van der Waals surface area (Å²) in [4.78, 5) is 9.83. The first-order chi connectivity index (χ1) is 17.4. The zero-order valence-electron chi connectivity index (χ0n) is 22.1. The molecule has 0 spiro atoms. The Morgan fingerprint density at radius 1 is 1.11 bits per heavy atom. The highest BCUT2D eigenvalue weighted by atomic mass is 15.3. The van der Waals surface area contributed by atoms with E-state index in [1.165, 1.54) is 12.8 Å². The summed E-state index contributed by atoms with van der Waals surface area (Å²) in [5.74, 6) is 0.829. The summed E-state index contributed by atoms with van der Waals surface area (Å²) >= 11 is 0. The van der Waals surface area contributed by atoms with Crippen molar-refractivity contribution in [3.05, 3.63) is 72.7 Å². The van der Waals surface area contributed by atoms with Crippen LogP contribution < -0.4 is 11.1 Å². The Morgan fingerprint density at radius 3 is 2.47 bits per heavy atom. The lowest BCUT2D eigenvalue weighted by atomic mass is 9.92. The third-order valence-electron chi connectivity index (χ3n) is 6.85. The molecule has 3 N–H and O–H groups in total. The monoisotopic (exact) mass is 482 g/mol. The Balaban J connectivity index is 0.00000148. The lowest BCUT2D eigenvalue weighted by molar-refractivity contribution is 0.484. The molecule has 1 saturated heterocycles. The summed E-state index contributed by atoms with van der Waals surface area (Å²) in [7, 11) is 0. The van der Waals surface area contributed by atoms with Crippen molar-refractivity contribution in [3.8, 4) is 22.4 Å². The van der Waals surface area contributed by atoms with E-state index in [0.29, 0.717) is 17.9 Å². The molecule has 0 bridgehead atoms. The molecule has 3 unspecified atom stereocenters. The molecule has 36 heavy (non-hydrogen) atoms. The minimum atomic E-state index is 0.239. The second-order valence-corrected chi connectivity index (χ2v) is 9.61. The van der Waals surface area contributed by atoms with E-state index < -0.39 is 0 Å². The van der Waals surface area contributed by atoms with Crippen LogP contribution in [0.3, 0.4) is 0 Å². The average molecular weight is 483 g/mol. The van der Waals surface area contributed by atoms with Crippen LogP contribution >= 0.6 is 0 Å². The molecule has 1 aromatic carbocycles. The Morgan fingerprint density at radius 2 is 1.86 bits per heavy atom. The number of anilines is 1. The number of nitrogens with zero attached hydrogens (tertiary/aromatic N) is 4. The zero-order chi connectivity index (χ0) is 25.8. The number of nitrogens with one attached hydrogen (secondary N) is 1. The van der Waals surface area contributed by atoms with E-state index in [0.717, 1.165) is 51.3 Å². The number of aromatic nitrogens is 4. The third-order valence-corrected chi connectivity index (χ3v) is 6.85. The summed E-state index contributed by atoms with van der Waals surface area (Å²) < 4.78 is 1.73. The van der Waals surface area contributed by atoms with Gasteiger partial charge in [-0.1, -0.05) is 63.7 Å². The van der Waals surface area contributed by atoms with Gasteiger partial charge in [0.1, 0.15) is 5.82 Å². The van der Waals surface area contributed by atoms with Gasteiger partial charge in [0.25, 0.3) is 0 Å². The highest BCUT2D eigenvalue weighted by molar-refractivity contribution is 5.82. The summed E-state index contributed by atoms with van der Waals surface area (Å²) in [6.07, 6.45) is 7.15. The lowest BCUT2D eigenvalue weighted by Gasteiger charge is -2.21. The van der Waals surface area contributed by atoms with E-state index in [4.69, 9.17) is 15.7 Å². The first kappa shape index (κ1) is 25.6. The van der Waals surface area contributed by atoms with Crippen LogP contribution in [0.5, 0.6) is 0 Å². The predicted molar refractivity (Wildman–Crippen MR) is 151 cm³/mol. The molecular weight excluding hydrogens is 444 g/mol. The predicted octanol–water partition coefficient (Wildman–Crippen LogP) is 6.73. The normalized spacial score (nSPS) is 18.0. The van der Waals surface area contributed by atoms with Gasteiger partial charge < -0.3 is 11.1 Å². The number of pyridine rings is 1. The van der Waals surface area contributed by atoms with Crippen molar-refractivity contribution in [2.24, 2.45) is 0 Å². The smallest absolute Gasteiger partial charge is 0.165 e. The van der Waals surface area contributed by atoms with Crippen LogP contribution in [-0.4, -0.2) is 31.7 Å². The number of hydrogen-bond acceptors (Lipinski definition) is 5. The largest absolute Gasteiger partial charge is 0.383 e. The molecule has 3 aromatic heterocycles. The number of fused-ring (bicyclic) bond motifs is 1. The first-order valence-corrected chi connectivity index (χ1v) is 13.0. The van der Waals surface area contributed by atoms with Gasteiger partial charge in [-0.15, -0.1) is 0 Å². The van der Waals surface area contributed by atoms with Crippen molar-refractivity contribution in [2.45, 2.75) is 71.9 Å². The topological polar surface area (TPSA) is 81.1 Å². The van der Waals surface area contributed by atoms with Crippen LogP contribution in [0, 0.1) is 0 Å². The van der Waals surface area contributed by atoms with Crippen molar-refractivity contribution in [2.75, 3.05) is 5.73 Å². The lowest BCUT2D eigenvalue weighted by Crippen LogP contribution is -2.28. The molecule has 6 heteroatoms. The number of rotatable bonds is 6. The average Bonchev–Trinajstić information content (AvgIpc) is 3.51. The van der Waals surface area contributed by atoms with Gasteiger partial charge in [0.2, 0.25) is 0 Å². The van der Waals surface area contributed by atoms with Gasteiger partial charge in [0.05, 0.1) is 17.6 Å². The van der Waals surface area contributed by atoms with Gasteiger partial charge in [0.15, 0.2) is 5.65 Å². The molecule has 0 aliphatic carbocycles. The molecule has 1 fully saturated rings. The van der Waals surface area contributed by atoms with Crippen LogP contribution in [0.25, 0.3) is 33.6 Å². The Hall–Kier alpha value is -3.51. The standard InChI is InChI=1S/C28H32N6.C2H6/c1-17(2)25-26(18(3)14-22-12-10-19(4)32-22)33-28-23(16-31-34(28)27(25)29)21-11-13-24(30-15-21)20-8-6-5-7-9-20;1-2/h5-9,11,13,15-16,18-19,22,32H,1,10,12,14,29H2,2-4H3;1-2H3. The number of hydrogen-bond donors (Lipinski definition) is 2. The highest BCUT2D eigenvalue weighted by Gasteiger charge is 2.26. The molecule has 188 valence electrons. The van der Waals surface area contributed by atoms with Crippen LogP contribution in [0.15, 0.2) is 61.4 Å². The van der Waals surface area contributed by atoms with E-state index in [2.05, 4.69) is 49.0 Å². The molecule has 1 aliphatic rings. The van der Waals surface area contributed by atoms with Gasteiger partial charge in [-0.25, -0.2) is 4.98 Å². The SMILES string of the molecule is C=C(C)c1c(C(C)CC2CCC(C)N2)nc2c(-c3ccc(-c4ccccc4)nc3)cnn2c1N.CC. The maximum absolute atomic E-state index is 6.65. The van der Waals surface area contributed by atoms with E-state index in [9.17, 15) is 0 Å². The van der Waals surface area contributed by atoms with Crippen LogP contribution in [0.1, 0.15) is 71.1 Å². The molecular formula is C30H38N6. The molecule has 0 saturated carbocycles. The Labute approximate surface area is 214 Å². The third kappa shape index (κ3) is 5.05. The van der Waals surface area contributed by atoms with E-state index in [1.54, 1.807) is 4.52 Å². The first-order valence-electron chi connectivity index (χ1n) is 13.0. The Kier molecular flexibility index (Phi) is 7.85. The minimum Gasteiger partial charge on any atom is -0.383 e. The van der Waals surface area contributed by atoms with Crippen molar-refractivity contribution < 1.29 is 0 Å². The minimum absolute atomic E-state index is 0.239. The molecule has 1 aliphatic heterocycles. The number of nitrogen functional groups attached to an aromatic ring is 1. The zero-order valence-corrected chi connectivity index (χ0v) is 22.1. The van der Waals surface area contributed by atoms with E-state index >= 15 is 0 Å². The number of allylic oxidation sites excluding steroid dienone is 1. The molecule has 4 heterocycles. The van der Waals surface area contributed by atoms with Crippen molar-refractivity contribution in [1.29, 1.82) is 0 Å². The second-order valence-electron chi connectivity index (χ2n) is 9.61. The summed E-state index contributed by atoms with van der Waals surface area (Å²) in [5, 5.41) is 8.28. The fraction of sp³-hybridized carbons (Fsp3) is 0.367. The van der Waals surface area contributed by atoms with Gasteiger partial charge in [0, 0.05) is 46.5 Å². The van der Waals surface area contributed by atoms with Gasteiger partial charge in [-0.2, -0.15) is 9.61 Å². The van der Waals surface area contributed by atoms with Crippen LogP contribution in [0.4, 0.5) is 5.82 Å². The highest BCUT2D eigenvalue weighted by Crippen LogP contribution is 2.35. The van der Waals surface area contributed by atoms with Crippen molar-refractivity contribution >= 4 is 17.0 Å². The number of benzene rings is 1. The van der Waals surface area contributed by atoms with E-state index in [-0.39, 0.29) is 5.92 Å². The Bertz CT molecular complexity index is 1320. The van der Waals surface area contributed by atoms with Crippen molar-refractivity contribution in [1.82, 2.24) is 24.9 Å². The molecule has 0 radical (unpaired) electrons. The van der Waals surface area contributed by atoms with Gasteiger partial charge in [-0.3, -0.25) is 4.98 Å². The quantitative estimate of drug-likeness (QED) is 0.318. The maximum Gasteiger partial charge on any atom is 0.165 e. The molecule has 0 amide bonds. The fourth-order valence-corrected chi connectivity index (χ4v) is 5.11. The van der Waals surface area contributed by atoms with Crippen LogP contribution in [-0.2, 0) is 0 Å². The van der Waals surface area contributed by atoms with Crippen LogP contribution in [0.2, 0.25) is 0 Å². The molecule has 4 aromatic rings.